The molecule has 0 saturated carbocycles. The van der Waals surface area contributed by atoms with Crippen LogP contribution >= 0.6 is 0 Å². The number of methoxy groups -OCH3 is 1. The van der Waals surface area contributed by atoms with Gasteiger partial charge in [0.2, 0.25) is 5.60 Å². The fraction of sp³-hybridized carbons (Fsp3) is 0.174. The van der Waals surface area contributed by atoms with Crippen molar-refractivity contribution in [2.75, 3.05) is 7.11 Å². The molecule has 0 amide bonds. The van der Waals surface area contributed by atoms with Crippen molar-refractivity contribution in [1.82, 2.24) is 0 Å². The molecule has 0 spiro atoms. The molecule has 1 N–H and O–H groups in total. The van der Waals surface area contributed by atoms with Gasteiger partial charge in [-0.25, -0.2) is 4.79 Å². The number of nitro groups is 1. The fourth-order valence-electron chi connectivity index (χ4n) is 3.23. The lowest BCUT2D eigenvalue weighted by Gasteiger charge is -2.36. The van der Waals surface area contributed by atoms with E-state index in [4.69, 9.17) is 9.47 Å². The Morgan fingerprint density at radius 3 is 2.10 bits per heavy atom. The van der Waals surface area contributed by atoms with Gasteiger partial charge in [-0.1, -0.05) is 60.7 Å². The van der Waals surface area contributed by atoms with Gasteiger partial charge in [0.15, 0.2) is 0 Å². The minimum absolute atomic E-state index is 0.0366. The lowest BCUT2D eigenvalue weighted by atomic mass is 9.84. The van der Waals surface area contributed by atoms with Gasteiger partial charge in [-0.2, -0.15) is 0 Å². The Hall–Kier alpha value is -3.55. The smallest absolute Gasteiger partial charge is 0.346 e. The van der Waals surface area contributed by atoms with Crippen LogP contribution in [-0.4, -0.2) is 23.1 Å². The van der Waals surface area contributed by atoms with Gasteiger partial charge in [0.05, 0.1) is 18.6 Å². The summed E-state index contributed by atoms with van der Waals surface area (Å²) in [4.78, 5) is 23.5. The molecule has 154 valence electrons. The molecule has 0 saturated heterocycles. The molecule has 3 rings (SSSR count). The fourth-order valence-corrected chi connectivity index (χ4v) is 3.23. The quantitative estimate of drug-likeness (QED) is 0.345. The Morgan fingerprint density at radius 2 is 1.57 bits per heavy atom. The van der Waals surface area contributed by atoms with Crippen LogP contribution in [-0.2, 0) is 26.5 Å². The molecule has 30 heavy (non-hydrogen) atoms. The number of non-ortho nitro benzene ring substituents is 1. The normalized spacial score (nSPS) is 13.8. The number of esters is 1. The predicted octanol–water partition coefficient (Wildman–Crippen LogP) is 3.91. The van der Waals surface area contributed by atoms with Crippen molar-refractivity contribution in [3.63, 3.8) is 0 Å². The van der Waals surface area contributed by atoms with Crippen molar-refractivity contribution in [3.05, 3.63) is 112 Å². The summed E-state index contributed by atoms with van der Waals surface area (Å²) in [6, 6.07) is 23.1. The zero-order chi connectivity index (χ0) is 21.6. The Kier molecular flexibility index (Phi) is 6.56. The average molecular weight is 407 g/mol. The molecule has 0 bridgehead atoms. The third-order valence-electron chi connectivity index (χ3n) is 4.81. The van der Waals surface area contributed by atoms with E-state index in [0.29, 0.717) is 5.56 Å². The maximum Gasteiger partial charge on any atom is 0.346 e. The summed E-state index contributed by atoms with van der Waals surface area (Å²) in [5.41, 5.74) is -0.513. The second-order valence-corrected chi connectivity index (χ2v) is 6.62. The summed E-state index contributed by atoms with van der Waals surface area (Å²) in [5.74, 6) is -0.782. The Balaban J connectivity index is 2.08. The van der Waals surface area contributed by atoms with E-state index in [1.54, 1.807) is 30.3 Å². The van der Waals surface area contributed by atoms with Gasteiger partial charge in [0.1, 0.15) is 6.10 Å². The number of benzene rings is 3. The number of carbonyl (C=O) groups is 1. The number of nitrogens with zero attached hydrogens (tertiary/aromatic N) is 1. The SMILES string of the molecule is COC(=O)C(OCc1ccccc1)(c1ccccc1)C(O)c1ccc([N+](=O)[O-])cc1. The molecule has 7 heteroatoms. The van der Waals surface area contributed by atoms with Crippen LogP contribution in [0.2, 0.25) is 0 Å². The zero-order valence-electron chi connectivity index (χ0n) is 16.3. The highest BCUT2D eigenvalue weighted by molar-refractivity contribution is 5.82. The number of ether oxygens (including phenoxy) is 2. The minimum atomic E-state index is -1.87. The van der Waals surface area contributed by atoms with Crippen LogP contribution in [0.3, 0.4) is 0 Å². The molecule has 0 aliphatic rings. The van der Waals surface area contributed by atoms with Crippen LogP contribution in [0.1, 0.15) is 22.8 Å². The molecule has 2 unspecified atom stereocenters. The van der Waals surface area contributed by atoms with Crippen molar-refractivity contribution in [2.45, 2.75) is 18.3 Å². The molecule has 7 nitrogen and oxygen atoms in total. The number of carbonyl (C=O) groups excluding carboxylic acids is 1. The topological polar surface area (TPSA) is 98.9 Å². The van der Waals surface area contributed by atoms with Gasteiger partial charge in [0.25, 0.3) is 5.69 Å². The first-order valence-electron chi connectivity index (χ1n) is 9.23. The van der Waals surface area contributed by atoms with Gasteiger partial charge in [-0.05, 0) is 28.8 Å². The number of aliphatic hydroxyl groups is 1. The molecule has 3 aromatic carbocycles. The number of nitro benzene ring substituents is 1. The Labute approximate surface area is 173 Å². The monoisotopic (exact) mass is 407 g/mol. The zero-order valence-corrected chi connectivity index (χ0v) is 16.3. The standard InChI is InChI=1S/C23H21NO6/c1-29-22(26)23(19-10-6-3-7-11-19,30-16-17-8-4-2-5-9-17)21(25)18-12-14-20(15-13-18)24(27)28/h2-15,21,25H,16H2,1H3. The second-order valence-electron chi connectivity index (χ2n) is 6.62. The first kappa shape index (κ1) is 21.2. The van der Waals surface area contributed by atoms with Crippen molar-refractivity contribution < 1.29 is 24.3 Å². The van der Waals surface area contributed by atoms with E-state index in [9.17, 15) is 20.0 Å². The summed E-state index contributed by atoms with van der Waals surface area (Å²) in [6.07, 6.45) is -1.48. The van der Waals surface area contributed by atoms with Crippen LogP contribution in [0.4, 0.5) is 5.69 Å². The third kappa shape index (κ3) is 4.22. The molecular weight excluding hydrogens is 386 g/mol. The number of hydrogen-bond donors (Lipinski definition) is 1. The molecule has 0 heterocycles. The van der Waals surface area contributed by atoms with Crippen LogP contribution in [0.25, 0.3) is 0 Å². The lowest BCUT2D eigenvalue weighted by Crippen LogP contribution is -2.45. The number of aliphatic hydroxyl groups excluding tert-OH is 1. The van der Waals surface area contributed by atoms with Crippen molar-refractivity contribution in [2.24, 2.45) is 0 Å². The first-order chi connectivity index (χ1) is 14.5. The number of rotatable bonds is 8. The van der Waals surface area contributed by atoms with Gasteiger partial charge in [0, 0.05) is 12.1 Å². The van der Waals surface area contributed by atoms with Crippen molar-refractivity contribution >= 4 is 11.7 Å². The van der Waals surface area contributed by atoms with Gasteiger partial charge < -0.3 is 14.6 Å². The Morgan fingerprint density at radius 1 is 1.00 bits per heavy atom. The summed E-state index contributed by atoms with van der Waals surface area (Å²) < 4.78 is 11.1. The second kappa shape index (κ2) is 9.30. The number of hydrogen-bond acceptors (Lipinski definition) is 6. The van der Waals surface area contributed by atoms with Crippen molar-refractivity contribution in [1.29, 1.82) is 0 Å². The molecule has 3 aromatic rings. The van der Waals surface area contributed by atoms with Crippen molar-refractivity contribution in [3.8, 4) is 0 Å². The van der Waals surface area contributed by atoms with Crippen LogP contribution in [0.5, 0.6) is 0 Å². The molecular formula is C23H21NO6. The van der Waals surface area contributed by atoms with E-state index in [1.807, 2.05) is 30.3 Å². The van der Waals surface area contributed by atoms with E-state index in [0.717, 1.165) is 5.56 Å². The third-order valence-corrected chi connectivity index (χ3v) is 4.81. The van der Waals surface area contributed by atoms with Gasteiger partial charge in [-0.3, -0.25) is 10.1 Å². The summed E-state index contributed by atoms with van der Waals surface area (Å²) in [5, 5.41) is 22.3. The summed E-state index contributed by atoms with van der Waals surface area (Å²) in [7, 11) is 1.22. The van der Waals surface area contributed by atoms with Crippen LogP contribution in [0.15, 0.2) is 84.9 Å². The predicted molar refractivity (Wildman–Crippen MR) is 109 cm³/mol. The molecule has 0 radical (unpaired) electrons. The van der Waals surface area contributed by atoms with Gasteiger partial charge in [-0.15, -0.1) is 0 Å². The van der Waals surface area contributed by atoms with E-state index in [1.165, 1.54) is 31.4 Å². The van der Waals surface area contributed by atoms with Crippen LogP contribution < -0.4 is 0 Å². The van der Waals surface area contributed by atoms with E-state index >= 15 is 0 Å². The molecule has 0 aliphatic heterocycles. The summed E-state index contributed by atoms with van der Waals surface area (Å²) in [6.45, 7) is 0.0366. The van der Waals surface area contributed by atoms with Gasteiger partial charge >= 0.3 is 5.97 Å². The Bertz CT molecular complexity index is 991. The molecule has 0 aliphatic carbocycles. The maximum absolute atomic E-state index is 13.0. The maximum atomic E-state index is 13.0. The van der Waals surface area contributed by atoms with Crippen LogP contribution in [0, 0.1) is 10.1 Å². The molecule has 0 aromatic heterocycles. The molecule has 2 atom stereocenters. The van der Waals surface area contributed by atoms with E-state index < -0.39 is 22.6 Å². The minimum Gasteiger partial charge on any atom is -0.467 e. The summed E-state index contributed by atoms with van der Waals surface area (Å²) >= 11 is 0. The largest absolute Gasteiger partial charge is 0.467 e. The first-order valence-corrected chi connectivity index (χ1v) is 9.23. The molecule has 0 fully saturated rings. The average Bonchev–Trinajstić information content (AvgIpc) is 2.80. The highest BCUT2D eigenvalue weighted by atomic mass is 16.6. The highest BCUT2D eigenvalue weighted by Gasteiger charge is 2.50. The lowest BCUT2D eigenvalue weighted by molar-refractivity contribution is -0.384. The highest BCUT2D eigenvalue weighted by Crippen LogP contribution is 2.41. The van der Waals surface area contributed by atoms with E-state index in [2.05, 4.69) is 0 Å². The van der Waals surface area contributed by atoms with E-state index in [-0.39, 0.29) is 17.9 Å².